The van der Waals surface area contributed by atoms with Gasteiger partial charge >= 0.3 is 14.1 Å². The smallest absolute Gasteiger partial charge is 0.349 e. The second kappa shape index (κ2) is 2.49. The molecular weight excluding hydrogens is 117 g/mol. The quantitative estimate of drug-likeness (QED) is 0.400. The number of hydrogen-bond donors (Lipinski definition) is 3. The molecule has 0 aromatic carbocycles. The number of primary amides is 1. The molecule has 0 saturated heterocycles. The van der Waals surface area contributed by atoms with Crippen molar-refractivity contribution in [3.05, 3.63) is 0 Å². The minimum atomic E-state index is -2.11. The molecule has 0 aliphatic rings. The zero-order valence-electron chi connectivity index (χ0n) is 3.42. The molecule has 5 N–H and O–H groups in total. The van der Waals surface area contributed by atoms with Crippen LogP contribution in [-0.4, -0.2) is 6.03 Å². The number of rotatable bonds is 1. The van der Waals surface area contributed by atoms with E-state index < -0.39 is 14.1 Å². The highest BCUT2D eigenvalue weighted by Gasteiger charge is 2.07. The number of hydrogen-bond acceptors (Lipinski definition) is 2. The van der Waals surface area contributed by atoms with Crippen LogP contribution in [0.15, 0.2) is 0 Å². The van der Waals surface area contributed by atoms with Gasteiger partial charge in [-0.2, -0.15) is 0 Å². The van der Waals surface area contributed by atoms with Crippen LogP contribution in [0.2, 0.25) is 0 Å². The Balaban J connectivity index is 3.32. The van der Waals surface area contributed by atoms with E-state index >= 15 is 0 Å². The predicted octanol–water partition coefficient (Wildman–Crippen LogP) is -0.729. The lowest BCUT2D eigenvalue weighted by Gasteiger charge is -1.75. The van der Waals surface area contributed by atoms with Crippen LogP contribution in [0.3, 0.4) is 0 Å². The van der Waals surface area contributed by atoms with Crippen LogP contribution < -0.4 is 16.3 Å². The first-order valence-corrected chi connectivity index (χ1v) is 2.74. The van der Waals surface area contributed by atoms with E-state index in [1.54, 1.807) is 5.09 Å². The highest BCUT2D eigenvalue weighted by Crippen LogP contribution is 1.94. The molecule has 0 aliphatic heterocycles. The highest BCUT2D eigenvalue weighted by atomic mass is 31.1. The van der Waals surface area contributed by atoms with E-state index in [-0.39, 0.29) is 0 Å². The number of nitrogens with two attached hydrogens (primary N) is 2. The van der Waals surface area contributed by atoms with Crippen LogP contribution >= 0.6 is 8.10 Å². The van der Waals surface area contributed by atoms with Gasteiger partial charge in [-0.3, -0.25) is 0 Å². The van der Waals surface area contributed by atoms with E-state index in [0.29, 0.717) is 0 Å². The molecule has 0 bridgehead atoms. The standard InChI is InChI=1S/CH4N3O2P/c2-1(5)4-7(3)6/h(H4-,2,3,4,5,6)/p+1. The second-order valence-corrected chi connectivity index (χ2v) is 1.68. The summed E-state index contributed by atoms with van der Waals surface area (Å²) in [5, 5.41) is 1.73. The van der Waals surface area contributed by atoms with Crippen LogP contribution in [-0.2, 0) is 4.57 Å². The maximum atomic E-state index is 9.77. The molecule has 1 atom stereocenters. The van der Waals surface area contributed by atoms with Crippen LogP contribution in [0.4, 0.5) is 4.79 Å². The summed E-state index contributed by atoms with van der Waals surface area (Å²) in [7, 11) is -2.11. The number of nitrogens with one attached hydrogen (secondary N) is 1. The van der Waals surface area contributed by atoms with Crippen LogP contribution in [0.1, 0.15) is 0 Å². The lowest BCUT2D eigenvalue weighted by atomic mass is 11.2. The monoisotopic (exact) mass is 122 g/mol. The van der Waals surface area contributed by atoms with Gasteiger partial charge in [0.2, 0.25) is 0 Å². The van der Waals surface area contributed by atoms with E-state index in [2.05, 4.69) is 11.2 Å². The SMILES string of the molecule is NC(=O)N[P+](N)=O. The Morgan fingerprint density at radius 2 is 2.14 bits per heavy atom. The first-order valence-electron chi connectivity index (χ1n) is 1.41. The largest absolute Gasteiger partial charge is 0.562 e. The molecule has 2 amide bonds. The van der Waals surface area contributed by atoms with Crippen LogP contribution in [0.5, 0.6) is 0 Å². The Kier molecular flexibility index (Phi) is 2.26. The van der Waals surface area contributed by atoms with E-state index in [1.165, 1.54) is 0 Å². The van der Waals surface area contributed by atoms with E-state index in [4.69, 9.17) is 0 Å². The van der Waals surface area contributed by atoms with E-state index in [1.807, 2.05) is 0 Å². The van der Waals surface area contributed by atoms with Crippen LogP contribution in [0, 0.1) is 0 Å². The zero-order valence-corrected chi connectivity index (χ0v) is 4.31. The lowest BCUT2D eigenvalue weighted by molar-refractivity contribution is 0.253. The molecule has 40 valence electrons. The Labute approximate surface area is 40.9 Å². The Morgan fingerprint density at radius 3 is 2.14 bits per heavy atom. The van der Waals surface area contributed by atoms with Crippen molar-refractivity contribution in [2.75, 3.05) is 0 Å². The third-order valence-electron chi connectivity index (χ3n) is 0.220. The average Bonchev–Trinajstić information content (AvgIpc) is 1.27. The van der Waals surface area contributed by atoms with Crippen molar-refractivity contribution >= 4 is 14.1 Å². The molecule has 0 fully saturated rings. The molecule has 0 heterocycles. The van der Waals surface area contributed by atoms with E-state index in [9.17, 15) is 9.36 Å². The van der Waals surface area contributed by atoms with Gasteiger partial charge in [0.1, 0.15) is 0 Å². The Hall–Kier alpha value is -0.670. The van der Waals surface area contributed by atoms with Gasteiger partial charge in [0.15, 0.2) is 0 Å². The fourth-order valence-corrected chi connectivity index (χ4v) is 0.326. The predicted molar refractivity (Wildman–Crippen MR) is 24.5 cm³/mol. The minimum Gasteiger partial charge on any atom is -0.349 e. The minimum absolute atomic E-state index is 0.872. The summed E-state index contributed by atoms with van der Waals surface area (Å²) in [5.74, 6) is 0. The summed E-state index contributed by atoms with van der Waals surface area (Å²) >= 11 is 0. The summed E-state index contributed by atoms with van der Waals surface area (Å²) in [4.78, 5) is 9.66. The molecule has 0 aliphatic carbocycles. The van der Waals surface area contributed by atoms with Crippen molar-refractivity contribution in [2.24, 2.45) is 11.2 Å². The van der Waals surface area contributed by atoms with Gasteiger partial charge in [-0.25, -0.2) is 4.79 Å². The number of carbonyl (C=O) groups is 1. The number of amides is 2. The fraction of sp³-hybridized carbons (Fsp3) is 0. The normalized spacial score (nSPS) is 10.1. The van der Waals surface area contributed by atoms with Gasteiger partial charge in [0, 0.05) is 0 Å². The highest BCUT2D eigenvalue weighted by molar-refractivity contribution is 7.40. The molecule has 7 heavy (non-hydrogen) atoms. The maximum absolute atomic E-state index is 9.77. The molecule has 6 heteroatoms. The molecule has 0 aromatic heterocycles. The average molecular weight is 122 g/mol. The van der Waals surface area contributed by atoms with Gasteiger partial charge in [-0.05, 0) is 4.57 Å². The summed E-state index contributed by atoms with van der Waals surface area (Å²) < 4.78 is 9.77. The molecule has 0 saturated carbocycles. The van der Waals surface area contributed by atoms with Crippen molar-refractivity contribution in [3.63, 3.8) is 0 Å². The molecule has 0 radical (unpaired) electrons. The van der Waals surface area contributed by atoms with Gasteiger partial charge in [-0.1, -0.05) is 5.50 Å². The Bertz CT molecular complexity index is 89.1. The van der Waals surface area contributed by atoms with Crippen molar-refractivity contribution in [1.82, 2.24) is 5.09 Å². The third-order valence-corrected chi connectivity index (χ3v) is 0.661. The van der Waals surface area contributed by atoms with Gasteiger partial charge in [0.05, 0.1) is 0 Å². The molecule has 5 nitrogen and oxygen atoms in total. The van der Waals surface area contributed by atoms with Gasteiger partial charge in [-0.15, -0.1) is 5.09 Å². The summed E-state index contributed by atoms with van der Waals surface area (Å²) in [6.45, 7) is 0. The Morgan fingerprint density at radius 1 is 1.71 bits per heavy atom. The van der Waals surface area contributed by atoms with Crippen molar-refractivity contribution in [2.45, 2.75) is 0 Å². The lowest BCUT2D eigenvalue weighted by Crippen LogP contribution is -2.24. The summed E-state index contributed by atoms with van der Waals surface area (Å²) in [6.07, 6.45) is 0. The molecule has 0 spiro atoms. The maximum Gasteiger partial charge on any atom is 0.562 e. The molecular formula is CH5N3O2P+. The van der Waals surface area contributed by atoms with Gasteiger partial charge < -0.3 is 5.73 Å². The number of urea groups is 1. The first kappa shape index (κ1) is 6.33. The number of carbonyl (C=O) groups excluding carboxylic acids is 1. The molecule has 0 aromatic rings. The first-order chi connectivity index (χ1) is 3.13. The summed E-state index contributed by atoms with van der Waals surface area (Å²) in [6, 6.07) is -0.872. The third kappa shape index (κ3) is 5.33. The van der Waals surface area contributed by atoms with Crippen LogP contribution in [0.25, 0.3) is 0 Å². The van der Waals surface area contributed by atoms with Crippen molar-refractivity contribution in [3.8, 4) is 0 Å². The summed E-state index contributed by atoms with van der Waals surface area (Å²) in [5.41, 5.74) is 9.07. The van der Waals surface area contributed by atoms with E-state index in [0.717, 1.165) is 0 Å². The van der Waals surface area contributed by atoms with Crippen molar-refractivity contribution in [1.29, 1.82) is 0 Å². The second-order valence-electron chi connectivity index (χ2n) is 0.802. The van der Waals surface area contributed by atoms with Gasteiger partial charge in [0.25, 0.3) is 0 Å². The zero-order chi connectivity index (χ0) is 5.86. The topological polar surface area (TPSA) is 98.2 Å². The molecule has 0 rings (SSSR count). The molecule has 1 unspecified atom stereocenters. The fourth-order valence-electron chi connectivity index (χ4n) is 0.109. The van der Waals surface area contributed by atoms with Crippen molar-refractivity contribution < 1.29 is 9.36 Å².